The van der Waals surface area contributed by atoms with E-state index in [9.17, 15) is 0 Å². The van der Waals surface area contributed by atoms with E-state index in [4.69, 9.17) is 0 Å². The number of aromatic nitrogens is 2. The Balaban J connectivity index is 1.41. The van der Waals surface area contributed by atoms with E-state index >= 15 is 0 Å². The summed E-state index contributed by atoms with van der Waals surface area (Å²) in [5, 5.41) is 7.07. The minimum atomic E-state index is 0.341. The Kier molecular flexibility index (Phi) is 8.98. The average Bonchev–Trinajstić information content (AvgIpc) is 2.85. The summed E-state index contributed by atoms with van der Waals surface area (Å²) in [4.78, 5) is 16.9. The van der Waals surface area contributed by atoms with Gasteiger partial charge in [0.05, 0.1) is 0 Å². The Hall–Kier alpha value is -3.48. The number of allylic oxidation sites excluding steroid dienone is 1. The van der Waals surface area contributed by atoms with Crippen molar-refractivity contribution in [2.75, 3.05) is 6.54 Å². The van der Waals surface area contributed by atoms with Crippen LogP contribution in [0.15, 0.2) is 89.3 Å². The van der Waals surface area contributed by atoms with E-state index in [2.05, 4.69) is 80.6 Å². The van der Waals surface area contributed by atoms with Gasteiger partial charge < -0.3 is 10.6 Å². The van der Waals surface area contributed by atoms with Crippen LogP contribution in [0.25, 0.3) is 11.4 Å². The van der Waals surface area contributed by atoms with Gasteiger partial charge in [0.25, 0.3) is 0 Å². The van der Waals surface area contributed by atoms with Crippen molar-refractivity contribution < 1.29 is 0 Å². The number of hydrogen-bond donors (Lipinski definition) is 2. The minimum Gasteiger partial charge on any atom is -0.311 e. The Labute approximate surface area is 190 Å². The number of nitrogens with zero attached hydrogens (tertiary/aromatic N) is 4. The fourth-order valence-corrected chi connectivity index (χ4v) is 3.14. The Bertz CT molecular complexity index is 1020. The molecule has 0 aliphatic carbocycles. The van der Waals surface area contributed by atoms with E-state index in [1.165, 1.54) is 11.1 Å². The molecule has 164 valence electrons. The fourth-order valence-electron chi connectivity index (χ4n) is 3.14. The van der Waals surface area contributed by atoms with E-state index < -0.39 is 0 Å². The van der Waals surface area contributed by atoms with Gasteiger partial charge in [0.15, 0.2) is 11.7 Å². The monoisotopic (exact) mass is 426 g/mol. The van der Waals surface area contributed by atoms with Crippen molar-refractivity contribution in [3.8, 4) is 11.4 Å². The summed E-state index contributed by atoms with van der Waals surface area (Å²) in [7, 11) is 0. The van der Waals surface area contributed by atoms with Crippen LogP contribution < -0.4 is 10.6 Å². The van der Waals surface area contributed by atoms with Crippen molar-refractivity contribution >= 4 is 12.6 Å². The third-order valence-corrected chi connectivity index (χ3v) is 4.92. The van der Waals surface area contributed by atoms with Gasteiger partial charge in [-0.2, -0.15) is 0 Å². The van der Waals surface area contributed by atoms with E-state index in [0.29, 0.717) is 11.9 Å². The minimum absolute atomic E-state index is 0.341. The first-order chi connectivity index (χ1) is 15.7. The average molecular weight is 427 g/mol. The quantitative estimate of drug-likeness (QED) is 0.372. The zero-order valence-electron chi connectivity index (χ0n) is 18.7. The summed E-state index contributed by atoms with van der Waals surface area (Å²) < 4.78 is 0. The summed E-state index contributed by atoms with van der Waals surface area (Å²) in [6.07, 6.45) is 7.11. The van der Waals surface area contributed by atoms with Crippen molar-refractivity contribution in [3.63, 3.8) is 0 Å². The highest BCUT2D eigenvalue weighted by atomic mass is 15.0. The summed E-state index contributed by atoms with van der Waals surface area (Å²) in [6, 6.07) is 18.8. The van der Waals surface area contributed by atoms with E-state index in [-0.39, 0.29) is 0 Å². The van der Waals surface area contributed by atoms with Gasteiger partial charge in [0.1, 0.15) is 0 Å². The molecule has 1 atom stereocenters. The van der Waals surface area contributed by atoms with Crippen molar-refractivity contribution in [2.45, 2.75) is 33.0 Å². The first-order valence-electron chi connectivity index (χ1n) is 10.7. The highest BCUT2D eigenvalue weighted by Crippen LogP contribution is 2.14. The first-order valence-corrected chi connectivity index (χ1v) is 10.7. The van der Waals surface area contributed by atoms with E-state index in [1.54, 1.807) is 18.6 Å². The van der Waals surface area contributed by atoms with Crippen molar-refractivity contribution in [1.82, 2.24) is 20.6 Å². The highest BCUT2D eigenvalue weighted by Gasteiger charge is 2.04. The molecule has 0 spiro atoms. The topological polar surface area (TPSA) is 74.6 Å². The van der Waals surface area contributed by atoms with E-state index in [0.717, 1.165) is 36.6 Å². The lowest BCUT2D eigenvalue weighted by molar-refractivity contribution is 0.501. The molecule has 2 N–H and O–H groups in total. The third-order valence-electron chi connectivity index (χ3n) is 4.92. The maximum atomic E-state index is 4.29. The number of rotatable bonds is 10. The second-order valence-electron chi connectivity index (χ2n) is 7.47. The zero-order chi connectivity index (χ0) is 22.6. The van der Waals surface area contributed by atoms with Crippen LogP contribution >= 0.6 is 0 Å². The second kappa shape index (κ2) is 12.4. The van der Waals surface area contributed by atoms with Crippen LogP contribution in [-0.2, 0) is 13.1 Å². The van der Waals surface area contributed by atoms with E-state index in [1.807, 2.05) is 31.2 Å². The van der Waals surface area contributed by atoms with Crippen LogP contribution in [-0.4, -0.2) is 35.1 Å². The van der Waals surface area contributed by atoms with Crippen LogP contribution in [0.1, 0.15) is 30.5 Å². The van der Waals surface area contributed by atoms with Gasteiger partial charge in [0.2, 0.25) is 0 Å². The fraction of sp³-hybridized carbons (Fsp3) is 0.231. The Morgan fingerprint density at radius 2 is 1.66 bits per heavy atom. The number of hydrogen-bond acceptors (Lipinski definition) is 5. The van der Waals surface area contributed by atoms with Crippen LogP contribution in [0.5, 0.6) is 0 Å². The molecule has 0 fully saturated rings. The van der Waals surface area contributed by atoms with Gasteiger partial charge in [-0.05, 0) is 37.8 Å². The van der Waals surface area contributed by atoms with Crippen LogP contribution in [0.4, 0.5) is 0 Å². The van der Waals surface area contributed by atoms with Gasteiger partial charge in [-0.15, -0.1) is 0 Å². The number of nitrogens with one attached hydrogen (secondary N) is 2. The summed E-state index contributed by atoms with van der Waals surface area (Å²) in [6.45, 7) is 10.2. The van der Waals surface area contributed by atoms with Gasteiger partial charge >= 0.3 is 0 Å². The Morgan fingerprint density at radius 3 is 2.31 bits per heavy atom. The number of amidine groups is 1. The van der Waals surface area contributed by atoms with Crippen LogP contribution in [0.2, 0.25) is 0 Å². The van der Waals surface area contributed by atoms with Crippen molar-refractivity contribution in [3.05, 3.63) is 96.0 Å². The molecule has 0 bridgehead atoms. The molecule has 6 heteroatoms. The van der Waals surface area contributed by atoms with Gasteiger partial charge in [-0.1, -0.05) is 54.6 Å². The first kappa shape index (κ1) is 23.2. The molecule has 0 aliphatic rings. The predicted octanol–water partition coefficient (Wildman–Crippen LogP) is 4.39. The number of aliphatic imine (C=N–C) groups is 2. The molecule has 0 amide bonds. The zero-order valence-corrected chi connectivity index (χ0v) is 18.7. The lowest BCUT2D eigenvalue weighted by Gasteiger charge is -2.15. The molecule has 6 nitrogen and oxygen atoms in total. The largest absolute Gasteiger partial charge is 0.311 e. The highest BCUT2D eigenvalue weighted by molar-refractivity contribution is 6.01. The van der Waals surface area contributed by atoms with Gasteiger partial charge in [-0.3, -0.25) is 0 Å². The Morgan fingerprint density at radius 1 is 1.00 bits per heavy atom. The molecule has 32 heavy (non-hydrogen) atoms. The summed E-state index contributed by atoms with van der Waals surface area (Å²) in [5.74, 6) is 1.38. The molecule has 0 unspecified atom stereocenters. The normalized spacial score (nSPS) is 12.8. The lowest BCUT2D eigenvalue weighted by atomic mass is 10.1. The van der Waals surface area contributed by atoms with Crippen molar-refractivity contribution in [1.29, 1.82) is 0 Å². The molecule has 1 aromatic heterocycles. The molecule has 0 radical (unpaired) electrons. The maximum absolute atomic E-state index is 4.29. The third kappa shape index (κ3) is 7.04. The molecule has 0 aliphatic heterocycles. The predicted molar refractivity (Wildman–Crippen MR) is 133 cm³/mol. The SMILES string of the molecule is C=NC(=N/C=C\C)c1ccc(CN[C@@H](C)CNCc2ccc(-c3ncccn3)cc2)cc1. The molecule has 3 aromatic rings. The van der Waals surface area contributed by atoms with Gasteiger partial charge in [-0.25, -0.2) is 20.0 Å². The van der Waals surface area contributed by atoms with Gasteiger partial charge in [0, 0.05) is 55.4 Å². The lowest BCUT2D eigenvalue weighted by Crippen LogP contribution is -2.35. The molecule has 0 saturated carbocycles. The molecular weight excluding hydrogens is 396 g/mol. The smallest absolute Gasteiger partial charge is 0.159 e. The van der Waals surface area contributed by atoms with Crippen molar-refractivity contribution in [2.24, 2.45) is 9.98 Å². The van der Waals surface area contributed by atoms with Crippen LogP contribution in [0.3, 0.4) is 0 Å². The van der Waals surface area contributed by atoms with Crippen LogP contribution in [0, 0.1) is 0 Å². The molecule has 1 heterocycles. The summed E-state index contributed by atoms with van der Waals surface area (Å²) in [5.41, 5.74) is 4.44. The number of benzene rings is 2. The second-order valence-corrected chi connectivity index (χ2v) is 7.47. The molecule has 3 rings (SSSR count). The molecule has 0 saturated heterocycles. The molecule has 2 aromatic carbocycles. The maximum Gasteiger partial charge on any atom is 0.159 e. The summed E-state index contributed by atoms with van der Waals surface area (Å²) >= 11 is 0. The molecular formula is C26H30N6. The standard InChI is InChI=1S/C26H30N6/c1-4-14-29-25(27-3)23-10-8-22(9-11-23)19-32-20(2)17-28-18-21-6-12-24(13-7-21)26-30-15-5-16-31-26/h4-16,20,28,32H,3,17-19H2,1-2H3/b14-4-,29-25?/t20-/m0/s1.